The van der Waals surface area contributed by atoms with Crippen molar-refractivity contribution < 1.29 is 14.9 Å². The third-order valence-corrected chi connectivity index (χ3v) is 14.0. The second-order valence-corrected chi connectivity index (χ2v) is 17.9. The Morgan fingerprint density at radius 1 is 0.369 bits per heavy atom. The van der Waals surface area contributed by atoms with Crippen LogP contribution in [0.5, 0.6) is 0 Å². The lowest BCUT2D eigenvalue weighted by atomic mass is 9.70. The largest absolute Gasteiger partial charge is 0.379 e. The van der Waals surface area contributed by atoms with Crippen molar-refractivity contribution in [2.45, 2.75) is 54.8 Å². The van der Waals surface area contributed by atoms with Gasteiger partial charge in [0.2, 0.25) is 0 Å². The molecule has 0 aromatic heterocycles. The minimum absolute atomic E-state index is 0.591. The summed E-state index contributed by atoms with van der Waals surface area (Å²) in [5.74, 6) is 0. The normalized spacial score (nSPS) is 16.4. The summed E-state index contributed by atoms with van der Waals surface area (Å²) < 4.78 is 7.85. The maximum Gasteiger partial charge on any atom is 0.142 e. The van der Waals surface area contributed by atoms with E-state index in [1.807, 2.05) is 72.8 Å². The van der Waals surface area contributed by atoms with Crippen LogP contribution in [-0.4, -0.2) is 28.1 Å². The van der Waals surface area contributed by atoms with Crippen LogP contribution in [0.1, 0.15) is 46.2 Å². The van der Waals surface area contributed by atoms with Gasteiger partial charge in [-0.15, -0.1) is 0 Å². The van der Waals surface area contributed by atoms with Gasteiger partial charge in [-0.05, 0) is 126 Å². The van der Waals surface area contributed by atoms with Gasteiger partial charge in [-0.25, -0.2) is 0 Å². The number of aryl methyl sites for hydroxylation is 2. The number of ether oxygens (including phenoxy) is 1. The van der Waals surface area contributed by atoms with Crippen LogP contribution in [0, 0.1) is 0 Å². The molecule has 10 aromatic carbocycles. The van der Waals surface area contributed by atoms with E-state index in [1.165, 1.54) is 11.1 Å². The molecule has 0 saturated carbocycles. The molecule has 0 aliphatic carbocycles. The Morgan fingerprint density at radius 2 is 0.677 bits per heavy atom. The van der Waals surface area contributed by atoms with Crippen LogP contribution >= 0.6 is 0 Å². The minimum Gasteiger partial charge on any atom is -0.379 e. The topological polar surface area (TPSA) is 61.7 Å². The van der Waals surface area contributed by atoms with E-state index in [9.17, 15) is 10.2 Å². The summed E-state index contributed by atoms with van der Waals surface area (Å²) in [6.07, 6.45) is 1.59. The first-order valence-corrected chi connectivity index (χ1v) is 22.8. The molecule has 1 saturated heterocycles. The van der Waals surface area contributed by atoms with E-state index in [4.69, 9.17) is 4.74 Å². The molecule has 11 rings (SSSR count). The first-order valence-electron chi connectivity index (χ1n) is 22.8. The van der Waals surface area contributed by atoms with Crippen LogP contribution in [0.25, 0.3) is 43.1 Å². The summed E-state index contributed by atoms with van der Waals surface area (Å²) in [4.78, 5) is 0. The molecule has 0 amide bonds. The standard InChI is InChI=1S/C61H51NO3/c63-60(53-31-27-45-19-7-11-23-49(45)39-53,54-32-28-46-20-8-12-24-50(46)40-54)57-58(65-59(62-57,37-35-43-15-3-1-4-16-43)38-36-44-17-5-2-6-18-44)61(64,55-33-29-47-21-9-13-25-51(47)41-55)56-34-30-48-22-10-14-26-52(48)42-56/h1-34,39-42,57-58,62-64H,35-38H2/t57-,58-/m1/s1. The third kappa shape index (κ3) is 7.59. The van der Waals surface area contributed by atoms with Gasteiger partial charge in [0.15, 0.2) is 0 Å². The van der Waals surface area contributed by atoms with E-state index >= 15 is 0 Å². The molecule has 0 radical (unpaired) electrons. The predicted molar refractivity (Wildman–Crippen MR) is 266 cm³/mol. The molecule has 1 heterocycles. The van der Waals surface area contributed by atoms with E-state index in [2.05, 4.69) is 163 Å². The zero-order chi connectivity index (χ0) is 43.9. The molecule has 0 bridgehead atoms. The Hall–Kier alpha value is -6.92. The predicted octanol–water partition coefficient (Wildman–Crippen LogP) is 12.8. The summed E-state index contributed by atoms with van der Waals surface area (Å²) >= 11 is 0. The van der Waals surface area contributed by atoms with Crippen LogP contribution in [0.2, 0.25) is 0 Å². The van der Waals surface area contributed by atoms with E-state index < -0.39 is 29.1 Å². The molecule has 318 valence electrons. The second kappa shape index (κ2) is 16.9. The van der Waals surface area contributed by atoms with Gasteiger partial charge in [-0.1, -0.05) is 206 Å². The Bertz CT molecular complexity index is 2910. The smallest absolute Gasteiger partial charge is 0.142 e. The van der Waals surface area contributed by atoms with Gasteiger partial charge in [0.05, 0.1) is 6.04 Å². The molecule has 0 unspecified atom stereocenters. The fourth-order valence-corrected chi connectivity index (χ4v) is 10.4. The van der Waals surface area contributed by atoms with Gasteiger partial charge in [-0.2, -0.15) is 0 Å². The molecular weight excluding hydrogens is 795 g/mol. The van der Waals surface area contributed by atoms with Gasteiger partial charge in [0.1, 0.15) is 23.0 Å². The highest BCUT2D eigenvalue weighted by Crippen LogP contribution is 2.51. The minimum atomic E-state index is -1.78. The second-order valence-electron chi connectivity index (χ2n) is 17.9. The van der Waals surface area contributed by atoms with Crippen molar-refractivity contribution in [3.63, 3.8) is 0 Å². The summed E-state index contributed by atoms with van der Waals surface area (Å²) in [5.41, 5.74) is 0.652. The lowest BCUT2D eigenvalue weighted by Crippen LogP contribution is -2.59. The van der Waals surface area contributed by atoms with Crippen molar-refractivity contribution in [2.24, 2.45) is 0 Å². The van der Waals surface area contributed by atoms with Gasteiger partial charge in [0.25, 0.3) is 0 Å². The van der Waals surface area contributed by atoms with Gasteiger partial charge in [0, 0.05) is 0 Å². The number of aliphatic hydroxyl groups is 2. The number of nitrogens with one attached hydrogen (secondary N) is 1. The average Bonchev–Trinajstić information content (AvgIpc) is 3.78. The number of hydrogen-bond donors (Lipinski definition) is 3. The zero-order valence-corrected chi connectivity index (χ0v) is 36.2. The summed E-state index contributed by atoms with van der Waals surface area (Å²) in [6, 6.07) is 78.2. The molecule has 1 aliphatic rings. The molecule has 10 aromatic rings. The van der Waals surface area contributed by atoms with Gasteiger partial charge < -0.3 is 14.9 Å². The molecule has 4 nitrogen and oxygen atoms in total. The van der Waals surface area contributed by atoms with Crippen LogP contribution in [0.3, 0.4) is 0 Å². The number of benzene rings is 10. The van der Waals surface area contributed by atoms with Crippen LogP contribution < -0.4 is 5.32 Å². The summed E-state index contributed by atoms with van der Waals surface area (Å²) in [6.45, 7) is 0. The fourth-order valence-electron chi connectivity index (χ4n) is 10.4. The average molecular weight is 846 g/mol. The van der Waals surface area contributed by atoms with E-state index in [0.717, 1.165) is 55.9 Å². The number of rotatable bonds is 12. The molecule has 1 fully saturated rings. The first-order chi connectivity index (χ1) is 31.9. The van der Waals surface area contributed by atoms with E-state index in [0.29, 0.717) is 35.1 Å². The van der Waals surface area contributed by atoms with Crippen LogP contribution in [0.4, 0.5) is 0 Å². The SMILES string of the molecule is OC(c1ccc2ccccc2c1)(c1ccc2ccccc2c1)[C@@H]1NC(CCc2ccccc2)(CCc2ccccc2)O[C@H]1C(O)(c1ccc2ccccc2c1)c1ccc2ccccc2c1. The Morgan fingerprint density at radius 3 is 1.03 bits per heavy atom. The quantitative estimate of drug-likeness (QED) is 0.115. The summed E-state index contributed by atoms with van der Waals surface area (Å²) in [7, 11) is 0. The van der Waals surface area contributed by atoms with Gasteiger partial charge in [-0.3, -0.25) is 5.32 Å². The van der Waals surface area contributed by atoms with Crippen molar-refractivity contribution in [2.75, 3.05) is 0 Å². The highest BCUT2D eigenvalue weighted by atomic mass is 16.6. The monoisotopic (exact) mass is 845 g/mol. The van der Waals surface area contributed by atoms with E-state index in [-0.39, 0.29) is 0 Å². The van der Waals surface area contributed by atoms with Crippen molar-refractivity contribution in [1.29, 1.82) is 0 Å². The molecule has 3 N–H and O–H groups in total. The molecule has 2 atom stereocenters. The fraction of sp³-hybridized carbons (Fsp3) is 0.148. The number of fused-ring (bicyclic) bond motifs is 4. The highest BCUT2D eigenvalue weighted by Gasteiger charge is 2.62. The van der Waals surface area contributed by atoms with Crippen molar-refractivity contribution >= 4 is 43.1 Å². The number of hydrogen-bond acceptors (Lipinski definition) is 4. The lowest BCUT2D eigenvalue weighted by molar-refractivity contribution is -0.142. The maximum atomic E-state index is 14.5. The summed E-state index contributed by atoms with van der Waals surface area (Å²) in [5, 5.41) is 41.4. The molecular formula is C61H51NO3. The first kappa shape index (κ1) is 40.8. The lowest BCUT2D eigenvalue weighted by Gasteiger charge is -2.43. The van der Waals surface area contributed by atoms with Crippen molar-refractivity contribution in [3.8, 4) is 0 Å². The van der Waals surface area contributed by atoms with Crippen LogP contribution in [-0.2, 0) is 28.8 Å². The Balaban J connectivity index is 1.19. The van der Waals surface area contributed by atoms with Crippen molar-refractivity contribution in [3.05, 3.63) is 264 Å². The molecule has 0 spiro atoms. The zero-order valence-electron chi connectivity index (χ0n) is 36.2. The molecule has 65 heavy (non-hydrogen) atoms. The third-order valence-electron chi connectivity index (χ3n) is 14.0. The highest BCUT2D eigenvalue weighted by molar-refractivity contribution is 5.87. The maximum absolute atomic E-state index is 14.5. The Labute approximate surface area is 380 Å². The van der Waals surface area contributed by atoms with Crippen molar-refractivity contribution in [1.82, 2.24) is 5.32 Å². The van der Waals surface area contributed by atoms with Crippen LogP contribution in [0.15, 0.2) is 231 Å². The van der Waals surface area contributed by atoms with E-state index in [1.54, 1.807) is 0 Å². The Kier molecular flexibility index (Phi) is 10.6. The van der Waals surface area contributed by atoms with Gasteiger partial charge >= 0.3 is 0 Å². The molecule has 1 aliphatic heterocycles. The molecule has 4 heteroatoms.